The van der Waals surface area contributed by atoms with Gasteiger partial charge < -0.3 is 0 Å². The zero-order valence-electron chi connectivity index (χ0n) is 11.3. The Kier molecular flexibility index (Phi) is 3.33. The molecule has 0 atom stereocenters. The Bertz CT molecular complexity index is 714. The van der Waals surface area contributed by atoms with Gasteiger partial charge in [-0.05, 0) is 35.7 Å². The molecule has 20 heavy (non-hydrogen) atoms. The van der Waals surface area contributed by atoms with Crippen molar-refractivity contribution < 1.29 is 4.39 Å². The van der Waals surface area contributed by atoms with Crippen LogP contribution in [0.3, 0.4) is 0 Å². The van der Waals surface area contributed by atoms with Crippen LogP contribution in [-0.2, 0) is 6.54 Å². The second-order valence-electron chi connectivity index (χ2n) is 4.87. The number of aromatic nitrogens is 2. The van der Waals surface area contributed by atoms with Crippen LogP contribution in [0.15, 0.2) is 60.9 Å². The van der Waals surface area contributed by atoms with E-state index >= 15 is 0 Å². The molecule has 3 heteroatoms. The molecule has 0 bridgehead atoms. The summed E-state index contributed by atoms with van der Waals surface area (Å²) in [6.07, 6.45) is 3.89. The second-order valence-corrected chi connectivity index (χ2v) is 4.87. The normalized spacial score (nSPS) is 10.7. The summed E-state index contributed by atoms with van der Waals surface area (Å²) in [7, 11) is 0. The fourth-order valence-electron chi connectivity index (χ4n) is 2.26. The van der Waals surface area contributed by atoms with Gasteiger partial charge in [-0.3, -0.25) is 4.68 Å². The fourth-order valence-corrected chi connectivity index (χ4v) is 2.26. The average molecular weight is 266 g/mol. The maximum absolute atomic E-state index is 12.9. The number of benzene rings is 2. The molecule has 0 aliphatic rings. The maximum atomic E-state index is 12.9. The van der Waals surface area contributed by atoms with Gasteiger partial charge in [0.1, 0.15) is 5.82 Å². The molecule has 1 aromatic heterocycles. The predicted molar refractivity (Wildman–Crippen MR) is 77.9 cm³/mol. The molecule has 0 spiro atoms. The number of hydrogen-bond acceptors (Lipinski definition) is 1. The molecule has 100 valence electrons. The van der Waals surface area contributed by atoms with Gasteiger partial charge in [0.15, 0.2) is 0 Å². The molecular formula is C17H15FN2. The first-order valence-corrected chi connectivity index (χ1v) is 6.55. The third-order valence-corrected chi connectivity index (χ3v) is 3.35. The molecule has 0 saturated carbocycles. The molecule has 0 aliphatic heterocycles. The van der Waals surface area contributed by atoms with Crippen molar-refractivity contribution in [1.82, 2.24) is 9.78 Å². The molecule has 0 N–H and O–H groups in total. The highest BCUT2D eigenvalue weighted by Crippen LogP contribution is 2.22. The monoisotopic (exact) mass is 266 g/mol. The van der Waals surface area contributed by atoms with Crippen LogP contribution in [0.2, 0.25) is 0 Å². The first-order valence-electron chi connectivity index (χ1n) is 6.55. The number of hydrogen-bond donors (Lipinski definition) is 0. The summed E-state index contributed by atoms with van der Waals surface area (Å²) in [5.41, 5.74) is 4.56. The van der Waals surface area contributed by atoms with Gasteiger partial charge in [0.05, 0.1) is 12.7 Å². The SMILES string of the molecule is Cc1ccccc1-c1cnn(Cc2ccc(F)cc2)c1. The van der Waals surface area contributed by atoms with Crippen molar-refractivity contribution >= 4 is 0 Å². The molecule has 0 amide bonds. The quantitative estimate of drug-likeness (QED) is 0.699. The molecular weight excluding hydrogens is 251 g/mol. The number of aryl methyl sites for hydroxylation is 1. The third-order valence-electron chi connectivity index (χ3n) is 3.35. The minimum atomic E-state index is -0.213. The summed E-state index contributed by atoms with van der Waals surface area (Å²) in [5, 5.41) is 4.37. The maximum Gasteiger partial charge on any atom is 0.123 e. The molecule has 3 rings (SSSR count). The van der Waals surface area contributed by atoms with Crippen molar-refractivity contribution in [3.05, 3.63) is 77.9 Å². The predicted octanol–water partition coefficient (Wildman–Crippen LogP) is 4.05. The van der Waals surface area contributed by atoms with Crippen LogP contribution in [0.25, 0.3) is 11.1 Å². The van der Waals surface area contributed by atoms with Gasteiger partial charge in [0, 0.05) is 11.8 Å². The van der Waals surface area contributed by atoms with E-state index in [0.29, 0.717) is 6.54 Å². The summed E-state index contributed by atoms with van der Waals surface area (Å²) < 4.78 is 14.7. The van der Waals surface area contributed by atoms with Gasteiger partial charge in [-0.15, -0.1) is 0 Å². The van der Waals surface area contributed by atoms with Gasteiger partial charge in [-0.25, -0.2) is 4.39 Å². The average Bonchev–Trinajstić information content (AvgIpc) is 2.90. The lowest BCUT2D eigenvalue weighted by Gasteiger charge is -2.03. The van der Waals surface area contributed by atoms with Crippen molar-refractivity contribution in [3.63, 3.8) is 0 Å². The minimum Gasteiger partial charge on any atom is -0.268 e. The summed E-state index contributed by atoms with van der Waals surface area (Å²) in [6.45, 7) is 2.73. The van der Waals surface area contributed by atoms with E-state index in [0.717, 1.165) is 11.1 Å². The van der Waals surface area contributed by atoms with Gasteiger partial charge in [0.2, 0.25) is 0 Å². The van der Waals surface area contributed by atoms with Crippen molar-refractivity contribution in [2.45, 2.75) is 13.5 Å². The smallest absolute Gasteiger partial charge is 0.123 e. The van der Waals surface area contributed by atoms with E-state index in [4.69, 9.17) is 0 Å². The molecule has 0 aliphatic carbocycles. The van der Waals surface area contributed by atoms with Crippen LogP contribution >= 0.6 is 0 Å². The molecule has 3 aromatic rings. The van der Waals surface area contributed by atoms with Crippen LogP contribution in [0, 0.1) is 12.7 Å². The number of halogens is 1. The van der Waals surface area contributed by atoms with Gasteiger partial charge in [-0.1, -0.05) is 36.4 Å². The van der Waals surface area contributed by atoms with E-state index in [1.54, 1.807) is 12.1 Å². The van der Waals surface area contributed by atoms with Gasteiger partial charge in [-0.2, -0.15) is 5.10 Å². The fraction of sp³-hybridized carbons (Fsp3) is 0.118. The van der Waals surface area contributed by atoms with Crippen molar-refractivity contribution in [2.75, 3.05) is 0 Å². The lowest BCUT2D eigenvalue weighted by molar-refractivity contribution is 0.624. The topological polar surface area (TPSA) is 17.8 Å². The summed E-state index contributed by atoms with van der Waals surface area (Å²) in [4.78, 5) is 0. The lowest BCUT2D eigenvalue weighted by atomic mass is 10.0. The highest BCUT2D eigenvalue weighted by atomic mass is 19.1. The molecule has 2 aromatic carbocycles. The zero-order valence-corrected chi connectivity index (χ0v) is 11.3. The van der Waals surface area contributed by atoms with E-state index in [2.05, 4.69) is 24.2 Å². The molecule has 2 nitrogen and oxygen atoms in total. The molecule has 1 heterocycles. The van der Waals surface area contributed by atoms with Crippen LogP contribution in [0.4, 0.5) is 4.39 Å². The van der Waals surface area contributed by atoms with E-state index in [-0.39, 0.29) is 5.82 Å². The van der Waals surface area contributed by atoms with E-state index < -0.39 is 0 Å². The van der Waals surface area contributed by atoms with Gasteiger partial charge in [0.25, 0.3) is 0 Å². The summed E-state index contributed by atoms with van der Waals surface area (Å²) >= 11 is 0. The highest BCUT2D eigenvalue weighted by molar-refractivity contribution is 5.65. The summed E-state index contributed by atoms with van der Waals surface area (Å²) in [6, 6.07) is 14.7. The first kappa shape index (κ1) is 12.6. The number of rotatable bonds is 3. The Hall–Kier alpha value is -2.42. The van der Waals surface area contributed by atoms with E-state index in [1.807, 2.05) is 29.2 Å². The molecule has 0 unspecified atom stereocenters. The largest absolute Gasteiger partial charge is 0.268 e. The van der Waals surface area contributed by atoms with E-state index in [1.165, 1.54) is 23.3 Å². The van der Waals surface area contributed by atoms with Crippen LogP contribution in [0.5, 0.6) is 0 Å². The van der Waals surface area contributed by atoms with Crippen LogP contribution < -0.4 is 0 Å². The standard InChI is InChI=1S/C17H15FN2/c1-13-4-2-3-5-17(13)15-10-19-20(12-15)11-14-6-8-16(18)9-7-14/h2-10,12H,11H2,1H3. The zero-order chi connectivity index (χ0) is 13.9. The molecule has 0 saturated heterocycles. The van der Waals surface area contributed by atoms with E-state index in [9.17, 15) is 4.39 Å². The van der Waals surface area contributed by atoms with Crippen molar-refractivity contribution in [3.8, 4) is 11.1 Å². The third kappa shape index (κ3) is 2.62. The Balaban J connectivity index is 1.84. The van der Waals surface area contributed by atoms with Crippen molar-refractivity contribution in [2.24, 2.45) is 0 Å². The Morgan fingerprint density at radius 2 is 1.80 bits per heavy atom. The Morgan fingerprint density at radius 3 is 2.55 bits per heavy atom. The Morgan fingerprint density at radius 1 is 1.05 bits per heavy atom. The second kappa shape index (κ2) is 5.29. The van der Waals surface area contributed by atoms with Crippen LogP contribution in [-0.4, -0.2) is 9.78 Å². The molecule has 0 radical (unpaired) electrons. The number of nitrogens with zero attached hydrogens (tertiary/aromatic N) is 2. The van der Waals surface area contributed by atoms with Gasteiger partial charge >= 0.3 is 0 Å². The Labute approximate surface area is 117 Å². The first-order chi connectivity index (χ1) is 9.72. The van der Waals surface area contributed by atoms with Crippen molar-refractivity contribution in [1.29, 1.82) is 0 Å². The lowest BCUT2D eigenvalue weighted by Crippen LogP contribution is -1.99. The minimum absolute atomic E-state index is 0.213. The highest BCUT2D eigenvalue weighted by Gasteiger charge is 2.04. The molecule has 0 fully saturated rings. The van der Waals surface area contributed by atoms with Crippen LogP contribution in [0.1, 0.15) is 11.1 Å². The summed E-state index contributed by atoms with van der Waals surface area (Å²) in [5.74, 6) is -0.213.